The molecule has 1 aliphatic rings. The summed E-state index contributed by atoms with van der Waals surface area (Å²) in [6, 6.07) is 1.94. The van der Waals surface area contributed by atoms with Crippen LogP contribution >= 0.6 is 11.6 Å². The summed E-state index contributed by atoms with van der Waals surface area (Å²) in [7, 11) is 0. The fourth-order valence-corrected chi connectivity index (χ4v) is 2.02. The van der Waals surface area contributed by atoms with E-state index in [0.717, 1.165) is 18.8 Å². The highest BCUT2D eigenvalue weighted by molar-refractivity contribution is 6.28. The molecule has 0 radical (unpaired) electrons. The molecule has 1 aliphatic heterocycles. The van der Waals surface area contributed by atoms with Gasteiger partial charge in [-0.05, 0) is 43.1 Å². The number of hydrogen-bond acceptors (Lipinski definition) is 2. The third kappa shape index (κ3) is 1.37. The van der Waals surface area contributed by atoms with Crippen LogP contribution in [0.15, 0.2) is 10.5 Å². The van der Waals surface area contributed by atoms with Crippen LogP contribution in [0.3, 0.4) is 0 Å². The summed E-state index contributed by atoms with van der Waals surface area (Å²) >= 11 is 5.76. The first kappa shape index (κ1) is 8.14. The quantitative estimate of drug-likeness (QED) is 0.727. The maximum atomic E-state index is 5.76. The number of furan rings is 1. The zero-order valence-corrected chi connectivity index (χ0v) is 7.82. The van der Waals surface area contributed by atoms with Crippen LogP contribution in [0, 0.1) is 6.92 Å². The van der Waals surface area contributed by atoms with E-state index < -0.39 is 0 Å². The lowest BCUT2D eigenvalue weighted by atomic mass is 9.99. The molecule has 1 fully saturated rings. The van der Waals surface area contributed by atoms with Crippen molar-refractivity contribution in [3.63, 3.8) is 0 Å². The maximum absolute atomic E-state index is 5.76. The summed E-state index contributed by atoms with van der Waals surface area (Å²) in [5.41, 5.74) is 1.27. The maximum Gasteiger partial charge on any atom is 0.193 e. The molecule has 1 saturated heterocycles. The van der Waals surface area contributed by atoms with Gasteiger partial charge in [-0.3, -0.25) is 0 Å². The Labute approximate surface area is 76.9 Å². The molecule has 1 aromatic rings. The molecule has 2 rings (SSSR count). The lowest BCUT2D eigenvalue weighted by Gasteiger charge is -2.04. The average molecular weight is 186 g/mol. The van der Waals surface area contributed by atoms with Crippen LogP contribution in [-0.2, 0) is 0 Å². The van der Waals surface area contributed by atoms with Gasteiger partial charge in [-0.25, -0.2) is 0 Å². The first-order valence-electron chi connectivity index (χ1n) is 4.24. The monoisotopic (exact) mass is 185 g/mol. The SMILES string of the molecule is Cc1oc(Cl)cc1C1CCNC1. The van der Waals surface area contributed by atoms with E-state index >= 15 is 0 Å². The summed E-state index contributed by atoms with van der Waals surface area (Å²) in [5.74, 6) is 1.56. The molecule has 0 bridgehead atoms. The Balaban J connectivity index is 2.25. The fourth-order valence-electron chi connectivity index (χ4n) is 1.78. The van der Waals surface area contributed by atoms with E-state index in [1.54, 1.807) is 0 Å². The summed E-state index contributed by atoms with van der Waals surface area (Å²) in [5, 5.41) is 3.83. The topological polar surface area (TPSA) is 25.2 Å². The molecule has 1 atom stereocenters. The fraction of sp³-hybridized carbons (Fsp3) is 0.556. The summed E-state index contributed by atoms with van der Waals surface area (Å²) in [4.78, 5) is 0. The Morgan fingerprint density at radius 3 is 3.00 bits per heavy atom. The molecule has 0 aromatic carbocycles. The first-order valence-corrected chi connectivity index (χ1v) is 4.61. The van der Waals surface area contributed by atoms with E-state index in [0.29, 0.717) is 11.1 Å². The minimum atomic E-state index is 0.509. The van der Waals surface area contributed by atoms with Crippen LogP contribution in [0.1, 0.15) is 23.7 Å². The van der Waals surface area contributed by atoms with Crippen molar-refractivity contribution in [1.29, 1.82) is 0 Å². The summed E-state index contributed by atoms with van der Waals surface area (Å²) in [6.07, 6.45) is 1.19. The van der Waals surface area contributed by atoms with E-state index in [2.05, 4.69) is 5.32 Å². The summed E-state index contributed by atoms with van der Waals surface area (Å²) < 4.78 is 5.26. The predicted octanol–water partition coefficient (Wildman–Crippen LogP) is 2.32. The Bertz CT molecular complexity index is 276. The molecule has 1 unspecified atom stereocenters. The molecule has 0 aliphatic carbocycles. The van der Waals surface area contributed by atoms with Gasteiger partial charge >= 0.3 is 0 Å². The molecule has 2 nitrogen and oxygen atoms in total. The van der Waals surface area contributed by atoms with Gasteiger partial charge in [0.2, 0.25) is 0 Å². The van der Waals surface area contributed by atoms with E-state index in [9.17, 15) is 0 Å². The van der Waals surface area contributed by atoms with E-state index in [1.165, 1.54) is 12.0 Å². The molecule has 1 aromatic heterocycles. The molecule has 12 heavy (non-hydrogen) atoms. The lowest BCUT2D eigenvalue weighted by molar-refractivity contribution is 0.527. The predicted molar refractivity (Wildman–Crippen MR) is 48.7 cm³/mol. The second-order valence-corrected chi connectivity index (χ2v) is 3.62. The highest BCUT2D eigenvalue weighted by Gasteiger charge is 2.20. The molecule has 3 heteroatoms. The number of rotatable bonds is 1. The normalized spacial score (nSPS) is 23.3. The molecule has 2 heterocycles. The Morgan fingerprint density at radius 1 is 1.67 bits per heavy atom. The van der Waals surface area contributed by atoms with Crippen molar-refractivity contribution in [2.45, 2.75) is 19.3 Å². The number of hydrogen-bond donors (Lipinski definition) is 1. The molecular weight excluding hydrogens is 174 g/mol. The first-order chi connectivity index (χ1) is 5.77. The van der Waals surface area contributed by atoms with Crippen LogP contribution in [0.4, 0.5) is 0 Å². The standard InChI is InChI=1S/C9H12ClNO/c1-6-8(4-9(10)12-6)7-2-3-11-5-7/h4,7,11H,2-3,5H2,1H3. The minimum absolute atomic E-state index is 0.509. The van der Waals surface area contributed by atoms with E-state index in [-0.39, 0.29) is 0 Å². The van der Waals surface area contributed by atoms with Gasteiger partial charge < -0.3 is 9.73 Å². The molecule has 1 N–H and O–H groups in total. The van der Waals surface area contributed by atoms with Gasteiger partial charge in [-0.15, -0.1) is 0 Å². The lowest BCUT2D eigenvalue weighted by Crippen LogP contribution is -2.07. The third-order valence-corrected chi connectivity index (χ3v) is 2.61. The van der Waals surface area contributed by atoms with Crippen LogP contribution in [0.5, 0.6) is 0 Å². The zero-order chi connectivity index (χ0) is 8.55. The van der Waals surface area contributed by atoms with Gasteiger partial charge in [0, 0.05) is 12.5 Å². The van der Waals surface area contributed by atoms with Crippen molar-refractivity contribution in [1.82, 2.24) is 5.32 Å². The molecule has 0 amide bonds. The Morgan fingerprint density at radius 2 is 2.50 bits per heavy atom. The molecule has 0 saturated carbocycles. The van der Waals surface area contributed by atoms with Crippen LogP contribution in [0.25, 0.3) is 0 Å². The van der Waals surface area contributed by atoms with Gasteiger partial charge in [-0.1, -0.05) is 0 Å². The smallest absolute Gasteiger partial charge is 0.193 e. The van der Waals surface area contributed by atoms with Gasteiger partial charge in [0.25, 0.3) is 0 Å². The summed E-state index contributed by atoms with van der Waals surface area (Å²) in [6.45, 7) is 4.13. The second-order valence-electron chi connectivity index (χ2n) is 3.25. The number of nitrogens with one attached hydrogen (secondary N) is 1. The second kappa shape index (κ2) is 3.11. The van der Waals surface area contributed by atoms with Crippen LogP contribution < -0.4 is 5.32 Å². The van der Waals surface area contributed by atoms with E-state index in [4.69, 9.17) is 16.0 Å². The van der Waals surface area contributed by atoms with Gasteiger partial charge in [0.15, 0.2) is 5.22 Å². The highest BCUT2D eigenvalue weighted by Crippen LogP contribution is 2.29. The molecule has 66 valence electrons. The van der Waals surface area contributed by atoms with E-state index in [1.807, 2.05) is 13.0 Å². The minimum Gasteiger partial charge on any atom is -0.450 e. The highest BCUT2D eigenvalue weighted by atomic mass is 35.5. The molecule has 0 spiro atoms. The number of halogens is 1. The zero-order valence-electron chi connectivity index (χ0n) is 7.06. The van der Waals surface area contributed by atoms with Crippen LogP contribution in [-0.4, -0.2) is 13.1 Å². The van der Waals surface area contributed by atoms with Crippen molar-refractivity contribution >= 4 is 11.6 Å². The van der Waals surface area contributed by atoms with Crippen molar-refractivity contribution in [3.8, 4) is 0 Å². The van der Waals surface area contributed by atoms with Crippen molar-refractivity contribution in [2.24, 2.45) is 0 Å². The van der Waals surface area contributed by atoms with Gasteiger partial charge in [0.05, 0.1) is 0 Å². The van der Waals surface area contributed by atoms with Gasteiger partial charge in [-0.2, -0.15) is 0 Å². The third-order valence-electron chi connectivity index (χ3n) is 2.43. The Hall–Kier alpha value is -0.470. The largest absolute Gasteiger partial charge is 0.450 e. The van der Waals surface area contributed by atoms with Gasteiger partial charge in [0.1, 0.15) is 5.76 Å². The molecular formula is C9H12ClNO. The average Bonchev–Trinajstić information content (AvgIpc) is 2.58. The Kier molecular flexibility index (Phi) is 2.11. The number of aryl methyl sites for hydroxylation is 1. The van der Waals surface area contributed by atoms with Crippen LogP contribution in [0.2, 0.25) is 5.22 Å². The van der Waals surface area contributed by atoms with Crippen molar-refractivity contribution in [3.05, 3.63) is 22.6 Å². The van der Waals surface area contributed by atoms with Crippen molar-refractivity contribution < 1.29 is 4.42 Å². The van der Waals surface area contributed by atoms with Crippen molar-refractivity contribution in [2.75, 3.05) is 13.1 Å².